The van der Waals surface area contributed by atoms with Crippen molar-refractivity contribution >= 4 is 23.5 Å². The van der Waals surface area contributed by atoms with Gasteiger partial charge in [0, 0.05) is 55.9 Å². The lowest BCUT2D eigenvalue weighted by Crippen LogP contribution is -2.54. The van der Waals surface area contributed by atoms with Crippen molar-refractivity contribution in [3.63, 3.8) is 0 Å². The molecule has 1 amide bonds. The van der Waals surface area contributed by atoms with E-state index in [0.29, 0.717) is 49.4 Å². The van der Waals surface area contributed by atoms with Gasteiger partial charge in [-0.2, -0.15) is 13.2 Å². The lowest BCUT2D eigenvalue weighted by molar-refractivity contribution is -0.0533. The molecule has 1 aromatic heterocycles. The SMILES string of the molecule is CO[C@H]1COCC[C@H]1NC1CCN(C(=O)c2ncnc(NCC3CCC[C@@H](c4ccc(SC(F)(F)F)cc4)O3)c2C)CC1. The third-order valence-corrected chi connectivity index (χ3v) is 9.20. The number of rotatable bonds is 9. The second kappa shape index (κ2) is 14.6. The standard InChI is InChI=1S/C30H40F3N5O4S/c1-19-27(29(39)38-13-10-21(11-14-38)37-24-12-15-41-17-26(24)40-2)35-18-36-28(19)34-16-22-4-3-5-25(42-22)20-6-8-23(9-7-20)43-30(31,32)33/h6-9,18,21-22,24-26,37H,3-5,10-17H2,1-2H3,(H,34,35,36)/t22?,24-,25+,26+/m1/s1. The van der Waals surface area contributed by atoms with Crippen molar-refractivity contribution in [3.8, 4) is 0 Å². The molecule has 43 heavy (non-hydrogen) atoms. The van der Waals surface area contributed by atoms with Crippen LogP contribution in [0.25, 0.3) is 0 Å². The highest BCUT2D eigenvalue weighted by Crippen LogP contribution is 2.38. The number of piperidine rings is 1. The van der Waals surface area contributed by atoms with Gasteiger partial charge < -0.3 is 29.7 Å². The van der Waals surface area contributed by atoms with Gasteiger partial charge in [0.2, 0.25) is 0 Å². The molecule has 3 fully saturated rings. The van der Waals surface area contributed by atoms with E-state index >= 15 is 0 Å². The molecule has 2 aromatic rings. The molecule has 3 saturated heterocycles. The highest BCUT2D eigenvalue weighted by atomic mass is 32.2. The first-order chi connectivity index (χ1) is 20.7. The van der Waals surface area contributed by atoms with Crippen LogP contribution in [0.2, 0.25) is 0 Å². The number of carbonyl (C=O) groups is 1. The number of aromatic nitrogens is 2. The quantitative estimate of drug-likeness (QED) is 0.369. The van der Waals surface area contributed by atoms with Crippen molar-refractivity contribution < 1.29 is 32.2 Å². The maximum absolute atomic E-state index is 13.4. The largest absolute Gasteiger partial charge is 0.446 e. The lowest BCUT2D eigenvalue weighted by Gasteiger charge is -2.38. The Morgan fingerprint density at radius 2 is 1.88 bits per heavy atom. The lowest BCUT2D eigenvalue weighted by atomic mass is 9.98. The summed E-state index contributed by atoms with van der Waals surface area (Å²) >= 11 is -0.118. The van der Waals surface area contributed by atoms with Crippen LogP contribution in [0.3, 0.4) is 0 Å². The van der Waals surface area contributed by atoms with Crippen LogP contribution in [0, 0.1) is 6.92 Å². The van der Waals surface area contributed by atoms with E-state index in [1.807, 2.05) is 11.8 Å². The van der Waals surface area contributed by atoms with Crippen LogP contribution in [0.15, 0.2) is 35.5 Å². The Balaban J connectivity index is 1.12. The Kier molecular flexibility index (Phi) is 10.8. The molecule has 2 N–H and O–H groups in total. The van der Waals surface area contributed by atoms with Crippen molar-refractivity contribution in [1.29, 1.82) is 0 Å². The van der Waals surface area contributed by atoms with E-state index in [-0.39, 0.29) is 46.9 Å². The minimum atomic E-state index is -4.31. The minimum absolute atomic E-state index is 0.0465. The summed E-state index contributed by atoms with van der Waals surface area (Å²) in [5.74, 6) is 0.502. The molecule has 13 heteroatoms. The van der Waals surface area contributed by atoms with Crippen molar-refractivity contribution in [3.05, 3.63) is 47.4 Å². The van der Waals surface area contributed by atoms with Gasteiger partial charge in [0.15, 0.2) is 0 Å². The Hall–Kier alpha value is -2.45. The van der Waals surface area contributed by atoms with Gasteiger partial charge in [0.1, 0.15) is 17.8 Å². The molecule has 9 nitrogen and oxygen atoms in total. The number of halogens is 3. The van der Waals surface area contributed by atoms with Gasteiger partial charge in [-0.3, -0.25) is 4.79 Å². The highest BCUT2D eigenvalue weighted by molar-refractivity contribution is 8.00. The summed E-state index contributed by atoms with van der Waals surface area (Å²) in [5, 5.41) is 7.06. The molecule has 0 radical (unpaired) electrons. The molecule has 0 bridgehead atoms. The second-order valence-electron chi connectivity index (χ2n) is 11.3. The number of carbonyl (C=O) groups excluding carboxylic acids is 1. The molecule has 0 spiro atoms. The monoisotopic (exact) mass is 623 g/mol. The fourth-order valence-corrected chi connectivity index (χ4v) is 6.61. The number of hydrogen-bond donors (Lipinski definition) is 2. The number of anilines is 1. The summed E-state index contributed by atoms with van der Waals surface area (Å²) in [6.45, 7) is 4.98. The van der Waals surface area contributed by atoms with Crippen molar-refractivity contribution in [1.82, 2.24) is 20.2 Å². The average molecular weight is 624 g/mol. The summed E-state index contributed by atoms with van der Waals surface area (Å²) in [5.41, 5.74) is -2.35. The summed E-state index contributed by atoms with van der Waals surface area (Å²) in [7, 11) is 1.72. The number of ether oxygens (including phenoxy) is 3. The number of hydrogen-bond acceptors (Lipinski definition) is 9. The summed E-state index contributed by atoms with van der Waals surface area (Å²) < 4.78 is 55.4. The topological polar surface area (TPSA) is 97.8 Å². The molecular formula is C30H40F3N5O4S. The molecule has 3 aliphatic heterocycles. The Morgan fingerprint density at radius 3 is 2.60 bits per heavy atom. The van der Waals surface area contributed by atoms with Gasteiger partial charge in [0.05, 0.1) is 24.9 Å². The normalized spacial score (nSPS) is 25.5. The van der Waals surface area contributed by atoms with Crippen LogP contribution < -0.4 is 10.6 Å². The molecular weight excluding hydrogens is 583 g/mol. The molecule has 4 heterocycles. The first-order valence-corrected chi connectivity index (χ1v) is 15.7. The fraction of sp³-hybridized carbons (Fsp3) is 0.633. The summed E-state index contributed by atoms with van der Waals surface area (Å²) in [4.78, 5) is 24.2. The molecule has 3 aliphatic rings. The molecule has 1 aromatic carbocycles. The van der Waals surface area contributed by atoms with Gasteiger partial charge in [-0.05, 0) is 74.9 Å². The minimum Gasteiger partial charge on any atom is -0.379 e. The van der Waals surface area contributed by atoms with E-state index in [4.69, 9.17) is 14.2 Å². The summed E-state index contributed by atoms with van der Waals surface area (Å²) in [6, 6.07) is 6.98. The predicted molar refractivity (Wildman–Crippen MR) is 157 cm³/mol. The zero-order valence-electron chi connectivity index (χ0n) is 24.6. The Labute approximate surface area is 254 Å². The van der Waals surface area contributed by atoms with E-state index in [0.717, 1.165) is 50.7 Å². The summed E-state index contributed by atoms with van der Waals surface area (Å²) in [6.07, 6.45) is 6.41. The maximum Gasteiger partial charge on any atom is 0.446 e. The number of methoxy groups -OCH3 is 1. The smallest absolute Gasteiger partial charge is 0.379 e. The third-order valence-electron chi connectivity index (χ3n) is 8.46. The number of benzene rings is 1. The average Bonchev–Trinajstić information content (AvgIpc) is 3.01. The van der Waals surface area contributed by atoms with Crippen molar-refractivity contribution in [2.75, 3.05) is 45.3 Å². The van der Waals surface area contributed by atoms with Crippen LogP contribution in [0.4, 0.5) is 19.0 Å². The molecule has 1 unspecified atom stereocenters. The van der Waals surface area contributed by atoms with E-state index in [2.05, 4.69) is 20.6 Å². The van der Waals surface area contributed by atoms with Crippen LogP contribution in [-0.2, 0) is 14.2 Å². The van der Waals surface area contributed by atoms with Gasteiger partial charge in [0.25, 0.3) is 5.91 Å². The van der Waals surface area contributed by atoms with E-state index < -0.39 is 5.51 Å². The molecule has 0 aliphatic carbocycles. The molecule has 236 valence electrons. The first-order valence-electron chi connectivity index (χ1n) is 14.9. The van der Waals surface area contributed by atoms with Gasteiger partial charge >= 0.3 is 5.51 Å². The third kappa shape index (κ3) is 8.59. The van der Waals surface area contributed by atoms with Crippen LogP contribution in [-0.4, -0.2) is 90.5 Å². The number of alkyl halides is 3. The zero-order valence-corrected chi connectivity index (χ0v) is 25.4. The first kappa shape index (κ1) is 32.0. The molecule has 5 rings (SSSR count). The highest BCUT2D eigenvalue weighted by Gasteiger charge is 2.32. The number of nitrogens with zero attached hydrogens (tertiary/aromatic N) is 3. The van der Waals surface area contributed by atoms with Gasteiger partial charge in [-0.25, -0.2) is 9.97 Å². The van der Waals surface area contributed by atoms with Crippen molar-refractivity contribution in [2.45, 2.75) is 86.2 Å². The Bertz CT molecular complexity index is 1210. The maximum atomic E-state index is 13.4. The van der Waals surface area contributed by atoms with E-state index in [1.54, 1.807) is 19.2 Å². The van der Waals surface area contributed by atoms with Gasteiger partial charge in [-0.15, -0.1) is 0 Å². The number of likely N-dealkylation sites (tertiary alicyclic amines) is 1. The van der Waals surface area contributed by atoms with Gasteiger partial charge in [-0.1, -0.05) is 12.1 Å². The number of amides is 1. The number of nitrogens with one attached hydrogen (secondary N) is 2. The molecule has 0 saturated carbocycles. The predicted octanol–water partition coefficient (Wildman–Crippen LogP) is 5.12. The Morgan fingerprint density at radius 1 is 1.12 bits per heavy atom. The van der Waals surface area contributed by atoms with E-state index in [9.17, 15) is 18.0 Å². The molecule has 4 atom stereocenters. The zero-order chi connectivity index (χ0) is 30.4. The van der Waals surface area contributed by atoms with Crippen molar-refractivity contribution in [2.24, 2.45) is 0 Å². The fourth-order valence-electron chi connectivity index (χ4n) is 6.07. The van der Waals surface area contributed by atoms with Crippen LogP contribution in [0.1, 0.15) is 66.2 Å². The van der Waals surface area contributed by atoms with E-state index in [1.165, 1.54) is 18.5 Å². The second-order valence-corrected chi connectivity index (χ2v) is 12.5. The van der Waals surface area contributed by atoms with Crippen LogP contribution in [0.5, 0.6) is 0 Å². The number of thioether (sulfide) groups is 1. The van der Waals surface area contributed by atoms with Crippen LogP contribution >= 0.6 is 11.8 Å².